The number of hydrogen-bond acceptors (Lipinski definition) is 6. The molecule has 0 radical (unpaired) electrons. The average Bonchev–Trinajstić information content (AvgIpc) is 3.44. The third-order valence-electron chi connectivity index (χ3n) is 5.93. The normalized spacial score (nSPS) is 20.0. The van der Waals surface area contributed by atoms with Crippen molar-refractivity contribution < 1.29 is 4.79 Å². The highest BCUT2D eigenvalue weighted by Crippen LogP contribution is 2.32. The van der Waals surface area contributed by atoms with Crippen molar-refractivity contribution in [2.45, 2.75) is 44.5 Å². The molecule has 1 aliphatic carbocycles. The van der Waals surface area contributed by atoms with Gasteiger partial charge in [-0.2, -0.15) is 10.2 Å². The first-order valence-corrected chi connectivity index (χ1v) is 11.8. The number of amides is 1. The Kier molecular flexibility index (Phi) is 6.00. The molecule has 1 aliphatic heterocycles. The van der Waals surface area contributed by atoms with Gasteiger partial charge < -0.3 is 0 Å². The third kappa shape index (κ3) is 4.31. The first-order chi connectivity index (χ1) is 15.7. The molecule has 2 aliphatic rings. The number of thioether (sulfide) groups is 1. The smallest absolute Gasteiger partial charge is 0.251 e. The van der Waals surface area contributed by atoms with Crippen LogP contribution < -0.4 is 5.43 Å². The number of hydrazine groups is 1. The van der Waals surface area contributed by atoms with Crippen molar-refractivity contribution in [3.05, 3.63) is 54.1 Å². The zero-order valence-electron chi connectivity index (χ0n) is 17.9. The number of rotatable bonds is 6. The predicted octanol–water partition coefficient (Wildman–Crippen LogP) is 4.01. The van der Waals surface area contributed by atoms with E-state index in [1.807, 2.05) is 23.2 Å². The van der Waals surface area contributed by atoms with E-state index in [1.165, 1.54) is 0 Å². The molecule has 9 heteroatoms. The van der Waals surface area contributed by atoms with Crippen molar-refractivity contribution in [3.63, 3.8) is 0 Å². The summed E-state index contributed by atoms with van der Waals surface area (Å²) >= 11 is 1.64. The van der Waals surface area contributed by atoms with Gasteiger partial charge in [0.2, 0.25) is 5.82 Å². The zero-order chi connectivity index (χ0) is 21.9. The van der Waals surface area contributed by atoms with Gasteiger partial charge in [-0.1, -0.05) is 73.6 Å². The Labute approximate surface area is 190 Å². The Morgan fingerprint density at radius 2 is 1.94 bits per heavy atom. The molecule has 1 amide bonds. The third-order valence-corrected chi connectivity index (χ3v) is 7.17. The number of aliphatic imine (C=N–C) groups is 1. The summed E-state index contributed by atoms with van der Waals surface area (Å²) in [6.07, 6.45) is 4.04. The van der Waals surface area contributed by atoms with Crippen LogP contribution in [0.1, 0.15) is 38.2 Å². The molecule has 2 fully saturated rings. The topological polar surface area (TPSA) is 99.2 Å². The molecule has 3 aromatic rings. The molecule has 1 unspecified atom stereocenters. The highest BCUT2D eigenvalue weighted by molar-refractivity contribution is 8.14. The number of aromatic amines is 1. The van der Waals surface area contributed by atoms with Crippen LogP contribution >= 0.6 is 11.8 Å². The summed E-state index contributed by atoms with van der Waals surface area (Å²) in [6, 6.07) is 16.4. The van der Waals surface area contributed by atoms with Gasteiger partial charge in [-0.05, 0) is 41.2 Å². The van der Waals surface area contributed by atoms with Gasteiger partial charge in [-0.25, -0.2) is 5.43 Å². The Hall–Kier alpha value is -3.04. The summed E-state index contributed by atoms with van der Waals surface area (Å²) in [5, 5.41) is 17.5. The Morgan fingerprint density at radius 1 is 1.16 bits per heavy atom. The van der Waals surface area contributed by atoms with Crippen molar-refractivity contribution >= 4 is 22.8 Å². The number of nitrogens with one attached hydrogen (secondary N) is 2. The lowest BCUT2D eigenvalue weighted by Crippen LogP contribution is -2.37. The summed E-state index contributed by atoms with van der Waals surface area (Å²) in [5.74, 6) is 0.713. The lowest BCUT2D eigenvalue weighted by Gasteiger charge is -2.23. The first kappa shape index (κ1) is 20.8. The highest BCUT2D eigenvalue weighted by Gasteiger charge is 2.31. The van der Waals surface area contributed by atoms with Gasteiger partial charge in [0.1, 0.15) is 0 Å². The van der Waals surface area contributed by atoms with Crippen molar-refractivity contribution in [2.24, 2.45) is 10.9 Å². The number of tetrazole rings is 1. The zero-order valence-corrected chi connectivity index (χ0v) is 18.7. The molecule has 2 aromatic carbocycles. The van der Waals surface area contributed by atoms with E-state index in [1.54, 1.807) is 11.8 Å². The molecule has 1 saturated carbocycles. The summed E-state index contributed by atoms with van der Waals surface area (Å²) in [5.41, 5.74) is 7.68. The predicted molar refractivity (Wildman–Crippen MR) is 125 cm³/mol. The molecule has 0 spiro atoms. The van der Waals surface area contributed by atoms with E-state index < -0.39 is 0 Å². The molecule has 5 rings (SSSR count). The molecule has 2 N–H and O–H groups in total. The second-order valence-electron chi connectivity index (χ2n) is 8.07. The molecule has 2 heterocycles. The maximum Gasteiger partial charge on any atom is 0.251 e. The van der Waals surface area contributed by atoms with Gasteiger partial charge in [0.25, 0.3) is 5.91 Å². The van der Waals surface area contributed by atoms with E-state index in [0.29, 0.717) is 12.4 Å². The van der Waals surface area contributed by atoms with Crippen LogP contribution in [0.4, 0.5) is 0 Å². The number of carbonyl (C=O) groups is 1. The van der Waals surface area contributed by atoms with Crippen LogP contribution in [0.3, 0.4) is 0 Å². The quantitative estimate of drug-likeness (QED) is 0.589. The minimum absolute atomic E-state index is 0.0238. The Morgan fingerprint density at radius 3 is 2.59 bits per heavy atom. The molecule has 1 saturated heterocycles. The van der Waals surface area contributed by atoms with Crippen LogP contribution in [0.15, 0.2) is 53.5 Å². The number of aromatic nitrogens is 4. The number of amidine groups is 1. The van der Waals surface area contributed by atoms with Gasteiger partial charge in [0, 0.05) is 11.5 Å². The monoisotopic (exact) mass is 447 g/mol. The van der Waals surface area contributed by atoms with E-state index in [9.17, 15) is 4.79 Å². The van der Waals surface area contributed by atoms with Crippen molar-refractivity contribution in [3.8, 4) is 22.5 Å². The lowest BCUT2D eigenvalue weighted by molar-refractivity contribution is -0.123. The van der Waals surface area contributed by atoms with Crippen molar-refractivity contribution in [2.75, 3.05) is 0 Å². The molecule has 1 atom stereocenters. The van der Waals surface area contributed by atoms with E-state index in [-0.39, 0.29) is 17.2 Å². The van der Waals surface area contributed by atoms with Crippen LogP contribution in [0.2, 0.25) is 0 Å². The van der Waals surface area contributed by atoms with Crippen LogP contribution in [-0.4, -0.2) is 42.1 Å². The summed E-state index contributed by atoms with van der Waals surface area (Å²) in [6.45, 7) is 2.78. The molecular weight excluding hydrogens is 422 g/mol. The second kappa shape index (κ2) is 9.22. The molecule has 1 aromatic heterocycles. The maximum absolute atomic E-state index is 12.4. The summed E-state index contributed by atoms with van der Waals surface area (Å²) < 4.78 is 0. The van der Waals surface area contributed by atoms with Gasteiger partial charge in [0.05, 0.1) is 11.9 Å². The molecule has 164 valence electrons. The summed E-state index contributed by atoms with van der Waals surface area (Å²) in [4.78, 5) is 16.9. The van der Waals surface area contributed by atoms with Crippen LogP contribution in [0.5, 0.6) is 0 Å². The molecule has 32 heavy (non-hydrogen) atoms. The SMILES string of the molecule is CCC1NN(Cc2ccc(-c3ccccc3-c3nn[nH]n3)cc2)C(=NC(=O)C2CCC2)S1. The second-order valence-corrected chi connectivity index (χ2v) is 9.24. The highest BCUT2D eigenvalue weighted by atomic mass is 32.2. The first-order valence-electron chi connectivity index (χ1n) is 11.0. The minimum atomic E-state index is 0.0238. The van der Waals surface area contributed by atoms with Crippen LogP contribution in [0.25, 0.3) is 22.5 Å². The molecule has 0 bridgehead atoms. The van der Waals surface area contributed by atoms with Gasteiger partial charge in [-0.3, -0.25) is 9.80 Å². The lowest BCUT2D eigenvalue weighted by atomic mass is 9.85. The van der Waals surface area contributed by atoms with E-state index >= 15 is 0 Å². The van der Waals surface area contributed by atoms with E-state index in [0.717, 1.165) is 53.1 Å². The van der Waals surface area contributed by atoms with Gasteiger partial charge in [-0.15, -0.1) is 10.2 Å². The van der Waals surface area contributed by atoms with Crippen molar-refractivity contribution in [1.82, 2.24) is 31.1 Å². The van der Waals surface area contributed by atoms with Gasteiger partial charge in [0.15, 0.2) is 5.17 Å². The maximum atomic E-state index is 12.4. The van der Waals surface area contributed by atoms with Crippen LogP contribution in [-0.2, 0) is 11.3 Å². The van der Waals surface area contributed by atoms with E-state index in [2.05, 4.69) is 68.3 Å². The van der Waals surface area contributed by atoms with Crippen molar-refractivity contribution in [1.29, 1.82) is 0 Å². The Bertz CT molecular complexity index is 1110. The molecule has 8 nitrogen and oxygen atoms in total. The minimum Gasteiger partial charge on any atom is -0.281 e. The fourth-order valence-corrected chi connectivity index (χ4v) is 4.83. The fourth-order valence-electron chi connectivity index (χ4n) is 3.84. The van der Waals surface area contributed by atoms with Crippen LogP contribution in [0, 0.1) is 5.92 Å². The Balaban J connectivity index is 1.34. The van der Waals surface area contributed by atoms with E-state index in [4.69, 9.17) is 0 Å². The number of H-pyrrole nitrogens is 1. The number of nitrogens with zero attached hydrogens (tertiary/aromatic N) is 5. The van der Waals surface area contributed by atoms with Gasteiger partial charge >= 0.3 is 0 Å². The fraction of sp³-hybridized carbons (Fsp3) is 0.348. The number of hydrogen-bond donors (Lipinski definition) is 2. The average molecular weight is 448 g/mol. The number of carbonyl (C=O) groups excluding carboxylic acids is 1. The molecular formula is C23H25N7OS. The summed E-state index contributed by atoms with van der Waals surface area (Å²) in [7, 11) is 0. The number of benzene rings is 2. The standard InChI is InChI=1S/C23H25N7OS/c1-2-20-27-30(23(32-20)24-22(31)17-6-5-7-17)14-15-10-12-16(13-11-15)18-8-3-4-9-19(18)21-25-28-29-26-21/h3-4,8-13,17,20,27H,2,5-7,14H2,1H3,(H,25,26,28,29). The largest absolute Gasteiger partial charge is 0.281 e.